The van der Waals surface area contributed by atoms with Gasteiger partial charge in [0.05, 0.1) is 0 Å². The molecule has 2 atom stereocenters. The number of hydrogen-bond acceptors (Lipinski definition) is 2. The molecule has 15 heavy (non-hydrogen) atoms. The molecule has 1 fully saturated rings. The lowest BCUT2D eigenvalue weighted by Crippen LogP contribution is -2.46. The van der Waals surface area contributed by atoms with E-state index in [2.05, 4.69) is 12.2 Å². The molecule has 1 rings (SSSR count). The van der Waals surface area contributed by atoms with Crippen LogP contribution in [0.2, 0.25) is 0 Å². The maximum atomic E-state index is 12.0. The van der Waals surface area contributed by atoms with E-state index < -0.39 is 0 Å². The predicted molar refractivity (Wildman–Crippen MR) is 58.0 cm³/mol. The Morgan fingerprint density at radius 1 is 1.67 bits per heavy atom. The summed E-state index contributed by atoms with van der Waals surface area (Å²) in [7, 11) is 0. The highest BCUT2D eigenvalue weighted by molar-refractivity contribution is 5.79. The SMILES string of the molecule is CCCC(C)C(=O)N1CCCC1NC=O. The summed E-state index contributed by atoms with van der Waals surface area (Å²) in [4.78, 5) is 24.2. The van der Waals surface area contributed by atoms with E-state index in [9.17, 15) is 9.59 Å². The van der Waals surface area contributed by atoms with Gasteiger partial charge in [-0.2, -0.15) is 0 Å². The smallest absolute Gasteiger partial charge is 0.227 e. The highest BCUT2D eigenvalue weighted by atomic mass is 16.2. The van der Waals surface area contributed by atoms with Crippen molar-refractivity contribution in [1.29, 1.82) is 0 Å². The van der Waals surface area contributed by atoms with Crippen LogP contribution in [0.4, 0.5) is 0 Å². The molecule has 0 aliphatic carbocycles. The van der Waals surface area contributed by atoms with Crippen molar-refractivity contribution >= 4 is 12.3 Å². The van der Waals surface area contributed by atoms with Gasteiger partial charge in [0, 0.05) is 12.5 Å². The van der Waals surface area contributed by atoms with E-state index in [-0.39, 0.29) is 18.0 Å². The van der Waals surface area contributed by atoms with Crippen molar-refractivity contribution in [3.63, 3.8) is 0 Å². The first-order valence-corrected chi connectivity index (χ1v) is 5.70. The molecule has 0 aromatic carbocycles. The van der Waals surface area contributed by atoms with Gasteiger partial charge in [-0.1, -0.05) is 20.3 Å². The van der Waals surface area contributed by atoms with Crippen LogP contribution in [0.15, 0.2) is 0 Å². The third-order valence-electron chi connectivity index (χ3n) is 2.94. The quantitative estimate of drug-likeness (QED) is 0.694. The first-order chi connectivity index (χ1) is 7.20. The first-order valence-electron chi connectivity index (χ1n) is 5.70. The van der Waals surface area contributed by atoms with Crippen LogP contribution < -0.4 is 5.32 Å². The molecule has 0 saturated carbocycles. The Morgan fingerprint density at radius 2 is 2.40 bits per heavy atom. The predicted octanol–water partition coefficient (Wildman–Crippen LogP) is 1.12. The van der Waals surface area contributed by atoms with Crippen molar-refractivity contribution in [2.45, 2.75) is 45.7 Å². The average Bonchev–Trinajstić information content (AvgIpc) is 2.66. The molecule has 1 heterocycles. The Hall–Kier alpha value is -1.06. The fourth-order valence-corrected chi connectivity index (χ4v) is 2.12. The maximum absolute atomic E-state index is 12.0. The molecule has 86 valence electrons. The zero-order valence-corrected chi connectivity index (χ0v) is 9.53. The lowest BCUT2D eigenvalue weighted by molar-refractivity contribution is -0.136. The van der Waals surface area contributed by atoms with Crippen LogP contribution in [0, 0.1) is 5.92 Å². The number of carbonyl (C=O) groups excluding carboxylic acids is 2. The minimum Gasteiger partial charge on any atom is -0.338 e. The zero-order valence-electron chi connectivity index (χ0n) is 9.53. The highest BCUT2D eigenvalue weighted by Crippen LogP contribution is 2.19. The Balaban J connectivity index is 2.53. The third kappa shape index (κ3) is 2.94. The van der Waals surface area contributed by atoms with Crippen molar-refractivity contribution in [2.75, 3.05) is 6.54 Å². The summed E-state index contributed by atoms with van der Waals surface area (Å²) in [5.74, 6) is 0.248. The van der Waals surface area contributed by atoms with Crippen LogP contribution in [-0.4, -0.2) is 29.9 Å². The summed E-state index contributed by atoms with van der Waals surface area (Å²) in [6, 6.07) is 0. The van der Waals surface area contributed by atoms with Crippen LogP contribution in [0.3, 0.4) is 0 Å². The molecule has 1 saturated heterocycles. The molecular formula is C11H20N2O2. The number of amides is 2. The van der Waals surface area contributed by atoms with Gasteiger partial charge in [0.2, 0.25) is 12.3 Å². The van der Waals surface area contributed by atoms with E-state index in [1.807, 2.05) is 6.92 Å². The van der Waals surface area contributed by atoms with Gasteiger partial charge in [-0.05, 0) is 19.3 Å². The molecule has 4 nitrogen and oxygen atoms in total. The number of nitrogens with one attached hydrogen (secondary N) is 1. The van der Waals surface area contributed by atoms with Crippen molar-refractivity contribution in [1.82, 2.24) is 10.2 Å². The normalized spacial score (nSPS) is 22.5. The number of rotatable bonds is 5. The van der Waals surface area contributed by atoms with Gasteiger partial charge < -0.3 is 10.2 Å². The number of likely N-dealkylation sites (tertiary alicyclic amines) is 1. The molecular weight excluding hydrogens is 192 g/mol. The summed E-state index contributed by atoms with van der Waals surface area (Å²) >= 11 is 0. The van der Waals surface area contributed by atoms with Crippen molar-refractivity contribution in [2.24, 2.45) is 5.92 Å². The van der Waals surface area contributed by atoms with E-state index >= 15 is 0 Å². The summed E-state index contributed by atoms with van der Waals surface area (Å²) in [5.41, 5.74) is 0. The van der Waals surface area contributed by atoms with Gasteiger partial charge in [-0.3, -0.25) is 9.59 Å². The van der Waals surface area contributed by atoms with Gasteiger partial charge in [0.15, 0.2) is 0 Å². The average molecular weight is 212 g/mol. The number of carbonyl (C=O) groups is 2. The van der Waals surface area contributed by atoms with Crippen molar-refractivity contribution in [3.8, 4) is 0 Å². The molecule has 2 amide bonds. The van der Waals surface area contributed by atoms with Gasteiger partial charge in [0.25, 0.3) is 0 Å². The van der Waals surface area contributed by atoms with Crippen molar-refractivity contribution < 1.29 is 9.59 Å². The minimum absolute atomic E-state index is 0.0732. The number of nitrogens with zero attached hydrogens (tertiary/aromatic N) is 1. The highest BCUT2D eigenvalue weighted by Gasteiger charge is 2.30. The fraction of sp³-hybridized carbons (Fsp3) is 0.818. The lowest BCUT2D eigenvalue weighted by atomic mass is 10.0. The maximum Gasteiger partial charge on any atom is 0.227 e. The second kappa shape index (κ2) is 5.73. The summed E-state index contributed by atoms with van der Waals surface area (Å²) in [6.07, 6.45) is 4.41. The van der Waals surface area contributed by atoms with E-state index in [0.717, 1.165) is 32.2 Å². The summed E-state index contributed by atoms with van der Waals surface area (Å²) in [6.45, 7) is 4.81. The Kier molecular flexibility index (Phi) is 4.59. The van der Waals surface area contributed by atoms with Crippen molar-refractivity contribution in [3.05, 3.63) is 0 Å². The minimum atomic E-state index is -0.0747. The molecule has 0 spiro atoms. The van der Waals surface area contributed by atoms with E-state index in [4.69, 9.17) is 0 Å². The Labute approximate surface area is 91.0 Å². The van der Waals surface area contributed by atoms with E-state index in [1.54, 1.807) is 4.90 Å². The molecule has 0 aromatic rings. The second-order valence-corrected chi connectivity index (χ2v) is 4.16. The van der Waals surface area contributed by atoms with Crippen LogP contribution in [0.5, 0.6) is 0 Å². The largest absolute Gasteiger partial charge is 0.338 e. The van der Waals surface area contributed by atoms with E-state index in [0.29, 0.717) is 6.41 Å². The van der Waals surface area contributed by atoms with Gasteiger partial charge in [0.1, 0.15) is 6.17 Å². The molecule has 1 N–H and O–H groups in total. The fourth-order valence-electron chi connectivity index (χ4n) is 2.12. The first kappa shape index (κ1) is 12.0. The lowest BCUT2D eigenvalue weighted by Gasteiger charge is -2.26. The molecule has 4 heteroatoms. The van der Waals surface area contributed by atoms with Gasteiger partial charge in [-0.15, -0.1) is 0 Å². The van der Waals surface area contributed by atoms with E-state index in [1.165, 1.54) is 0 Å². The second-order valence-electron chi connectivity index (χ2n) is 4.16. The molecule has 1 aliphatic heterocycles. The Bertz CT molecular complexity index is 231. The Morgan fingerprint density at radius 3 is 3.00 bits per heavy atom. The van der Waals surface area contributed by atoms with Crippen LogP contribution in [0.1, 0.15) is 39.5 Å². The topological polar surface area (TPSA) is 49.4 Å². The summed E-state index contributed by atoms with van der Waals surface area (Å²) in [5, 5.41) is 2.70. The molecule has 0 radical (unpaired) electrons. The summed E-state index contributed by atoms with van der Waals surface area (Å²) < 4.78 is 0. The molecule has 0 aromatic heterocycles. The molecule has 2 unspecified atom stereocenters. The molecule has 0 bridgehead atoms. The zero-order chi connectivity index (χ0) is 11.3. The molecule has 1 aliphatic rings. The standard InChI is InChI=1S/C11H20N2O2/c1-3-5-9(2)11(15)13-7-4-6-10(13)12-8-14/h8-10H,3-7H2,1-2H3,(H,12,14). The van der Waals surface area contributed by atoms with Crippen LogP contribution >= 0.6 is 0 Å². The van der Waals surface area contributed by atoms with Crippen LogP contribution in [-0.2, 0) is 9.59 Å². The third-order valence-corrected chi connectivity index (χ3v) is 2.94. The number of hydrogen-bond donors (Lipinski definition) is 1. The van der Waals surface area contributed by atoms with Gasteiger partial charge >= 0.3 is 0 Å². The monoisotopic (exact) mass is 212 g/mol. The van der Waals surface area contributed by atoms with Gasteiger partial charge in [-0.25, -0.2) is 0 Å². The van der Waals surface area contributed by atoms with Crippen LogP contribution in [0.25, 0.3) is 0 Å².